The normalized spacial score (nSPS) is 17.4. The number of rotatable bonds is 4. The predicted molar refractivity (Wildman–Crippen MR) is 72.0 cm³/mol. The lowest BCUT2D eigenvalue weighted by Crippen LogP contribution is -2.34. The Bertz CT molecular complexity index is 343. The van der Waals surface area contributed by atoms with Crippen LogP contribution in [0.4, 0.5) is 5.69 Å². The van der Waals surface area contributed by atoms with Crippen molar-refractivity contribution in [2.45, 2.75) is 39.2 Å². The van der Waals surface area contributed by atoms with Gasteiger partial charge in [-0.2, -0.15) is 0 Å². The quantitative estimate of drug-likeness (QED) is 0.869. The van der Waals surface area contributed by atoms with Crippen LogP contribution in [0.3, 0.4) is 0 Å². The number of nitrogens with zero attached hydrogens (tertiary/aromatic N) is 2. The summed E-state index contributed by atoms with van der Waals surface area (Å²) in [6.45, 7) is 5.20. The third-order valence-corrected chi connectivity index (χ3v) is 3.75. The van der Waals surface area contributed by atoms with Gasteiger partial charge in [0.2, 0.25) is 0 Å². The molecular formula is C14H23N3. The van der Waals surface area contributed by atoms with E-state index in [4.69, 9.17) is 5.73 Å². The van der Waals surface area contributed by atoms with Gasteiger partial charge in [0.05, 0.1) is 0 Å². The van der Waals surface area contributed by atoms with Crippen LogP contribution in [0, 0.1) is 5.92 Å². The summed E-state index contributed by atoms with van der Waals surface area (Å²) in [5, 5.41) is 0. The van der Waals surface area contributed by atoms with Gasteiger partial charge in [0.25, 0.3) is 0 Å². The van der Waals surface area contributed by atoms with E-state index in [9.17, 15) is 0 Å². The molecule has 0 bridgehead atoms. The summed E-state index contributed by atoms with van der Waals surface area (Å²) < 4.78 is 0. The first-order valence-electron chi connectivity index (χ1n) is 6.73. The lowest BCUT2D eigenvalue weighted by atomic mass is 9.92. The van der Waals surface area contributed by atoms with Gasteiger partial charge < -0.3 is 10.6 Å². The molecule has 2 rings (SSSR count). The minimum atomic E-state index is 0.581. The highest BCUT2D eigenvalue weighted by molar-refractivity contribution is 5.52. The van der Waals surface area contributed by atoms with Crippen molar-refractivity contribution in [3.63, 3.8) is 0 Å². The standard InChI is InChI=1S/C14H23N3/c1-2-3-12-5-8-17(9-6-12)14-4-7-16-11-13(14)10-15/h4,7,11-12H,2-3,5-6,8-10,15H2,1H3. The molecule has 0 radical (unpaired) electrons. The molecule has 0 atom stereocenters. The van der Waals surface area contributed by atoms with Gasteiger partial charge in [0.1, 0.15) is 0 Å². The Kier molecular flexibility index (Phi) is 4.37. The van der Waals surface area contributed by atoms with Crippen LogP contribution < -0.4 is 10.6 Å². The van der Waals surface area contributed by atoms with Crippen LogP contribution in [0.15, 0.2) is 18.5 Å². The molecule has 0 aliphatic carbocycles. The highest BCUT2D eigenvalue weighted by atomic mass is 15.1. The second kappa shape index (κ2) is 6.01. The van der Waals surface area contributed by atoms with Gasteiger partial charge in [-0.15, -0.1) is 0 Å². The van der Waals surface area contributed by atoms with Crippen LogP contribution >= 0.6 is 0 Å². The number of anilines is 1. The topological polar surface area (TPSA) is 42.2 Å². The van der Waals surface area contributed by atoms with Crippen molar-refractivity contribution in [1.29, 1.82) is 0 Å². The molecular weight excluding hydrogens is 210 g/mol. The monoisotopic (exact) mass is 233 g/mol. The van der Waals surface area contributed by atoms with E-state index in [1.807, 2.05) is 12.4 Å². The van der Waals surface area contributed by atoms with E-state index < -0.39 is 0 Å². The molecule has 1 aromatic heterocycles. The maximum absolute atomic E-state index is 5.77. The van der Waals surface area contributed by atoms with Gasteiger partial charge in [0.15, 0.2) is 0 Å². The number of aromatic nitrogens is 1. The van der Waals surface area contributed by atoms with E-state index in [2.05, 4.69) is 22.9 Å². The summed E-state index contributed by atoms with van der Waals surface area (Å²) in [6, 6.07) is 2.10. The average Bonchev–Trinajstić information content (AvgIpc) is 2.40. The predicted octanol–water partition coefficient (Wildman–Crippen LogP) is 2.56. The first-order chi connectivity index (χ1) is 8.35. The largest absolute Gasteiger partial charge is 0.371 e. The molecule has 1 aliphatic heterocycles. The molecule has 3 nitrogen and oxygen atoms in total. The van der Waals surface area contributed by atoms with Crippen molar-refractivity contribution in [1.82, 2.24) is 4.98 Å². The number of nitrogens with two attached hydrogens (primary N) is 1. The summed E-state index contributed by atoms with van der Waals surface area (Å²) in [7, 11) is 0. The summed E-state index contributed by atoms with van der Waals surface area (Å²) in [5.74, 6) is 0.930. The van der Waals surface area contributed by atoms with Crippen LogP contribution in [0.5, 0.6) is 0 Å². The molecule has 0 unspecified atom stereocenters. The second-order valence-electron chi connectivity index (χ2n) is 4.93. The second-order valence-corrected chi connectivity index (χ2v) is 4.93. The Balaban J connectivity index is 2.00. The van der Waals surface area contributed by atoms with Crippen molar-refractivity contribution in [2.75, 3.05) is 18.0 Å². The zero-order valence-electron chi connectivity index (χ0n) is 10.7. The van der Waals surface area contributed by atoms with Crippen molar-refractivity contribution < 1.29 is 0 Å². The number of piperidine rings is 1. The molecule has 3 heteroatoms. The van der Waals surface area contributed by atoms with E-state index >= 15 is 0 Å². The van der Waals surface area contributed by atoms with Crippen molar-refractivity contribution in [3.05, 3.63) is 24.0 Å². The van der Waals surface area contributed by atoms with E-state index in [1.165, 1.54) is 50.0 Å². The molecule has 17 heavy (non-hydrogen) atoms. The van der Waals surface area contributed by atoms with E-state index in [-0.39, 0.29) is 0 Å². The molecule has 2 heterocycles. The fraction of sp³-hybridized carbons (Fsp3) is 0.643. The fourth-order valence-electron chi connectivity index (χ4n) is 2.76. The Labute approximate surface area is 104 Å². The molecule has 1 fully saturated rings. The maximum atomic E-state index is 5.77. The lowest BCUT2D eigenvalue weighted by Gasteiger charge is -2.34. The number of hydrogen-bond acceptors (Lipinski definition) is 3. The smallest absolute Gasteiger partial charge is 0.0442 e. The molecule has 1 aliphatic rings. The summed E-state index contributed by atoms with van der Waals surface area (Å²) >= 11 is 0. The molecule has 1 aromatic rings. The minimum Gasteiger partial charge on any atom is -0.371 e. The van der Waals surface area contributed by atoms with Crippen LogP contribution in [-0.2, 0) is 6.54 Å². The van der Waals surface area contributed by atoms with Gasteiger partial charge in [0, 0.05) is 43.3 Å². The van der Waals surface area contributed by atoms with E-state index in [0.717, 1.165) is 5.92 Å². The van der Waals surface area contributed by atoms with Gasteiger partial charge >= 0.3 is 0 Å². The fourth-order valence-corrected chi connectivity index (χ4v) is 2.76. The lowest BCUT2D eigenvalue weighted by molar-refractivity contribution is 0.378. The molecule has 1 saturated heterocycles. The van der Waals surface area contributed by atoms with Crippen molar-refractivity contribution in [3.8, 4) is 0 Å². The van der Waals surface area contributed by atoms with Gasteiger partial charge in [-0.3, -0.25) is 4.98 Å². The van der Waals surface area contributed by atoms with Crippen LogP contribution in [0.2, 0.25) is 0 Å². The van der Waals surface area contributed by atoms with Crippen molar-refractivity contribution >= 4 is 5.69 Å². The van der Waals surface area contributed by atoms with Crippen molar-refractivity contribution in [2.24, 2.45) is 11.7 Å². The first kappa shape index (κ1) is 12.4. The highest BCUT2D eigenvalue weighted by Crippen LogP contribution is 2.27. The molecule has 0 spiro atoms. The van der Waals surface area contributed by atoms with Gasteiger partial charge in [-0.25, -0.2) is 0 Å². The Morgan fingerprint density at radius 2 is 2.18 bits per heavy atom. The zero-order valence-corrected chi connectivity index (χ0v) is 10.7. The Morgan fingerprint density at radius 1 is 1.41 bits per heavy atom. The van der Waals surface area contributed by atoms with E-state index in [1.54, 1.807) is 0 Å². The van der Waals surface area contributed by atoms with Crippen LogP contribution in [0.25, 0.3) is 0 Å². The third kappa shape index (κ3) is 2.97. The molecule has 0 aromatic carbocycles. The van der Waals surface area contributed by atoms with Gasteiger partial charge in [-0.1, -0.05) is 19.8 Å². The SMILES string of the molecule is CCCC1CCN(c2ccncc2CN)CC1. The molecule has 2 N–H and O–H groups in total. The summed E-state index contributed by atoms with van der Waals surface area (Å²) in [5.41, 5.74) is 8.22. The Morgan fingerprint density at radius 3 is 2.82 bits per heavy atom. The molecule has 94 valence electrons. The first-order valence-corrected chi connectivity index (χ1v) is 6.73. The van der Waals surface area contributed by atoms with Crippen LogP contribution in [0.1, 0.15) is 38.2 Å². The van der Waals surface area contributed by atoms with Gasteiger partial charge in [-0.05, 0) is 24.8 Å². The van der Waals surface area contributed by atoms with E-state index in [0.29, 0.717) is 6.54 Å². The molecule has 0 amide bonds. The Hall–Kier alpha value is -1.09. The maximum Gasteiger partial charge on any atom is 0.0442 e. The number of hydrogen-bond donors (Lipinski definition) is 1. The third-order valence-electron chi connectivity index (χ3n) is 3.75. The van der Waals surface area contributed by atoms with Crippen LogP contribution in [-0.4, -0.2) is 18.1 Å². The number of pyridine rings is 1. The zero-order chi connectivity index (χ0) is 12.1. The summed E-state index contributed by atoms with van der Waals surface area (Å²) in [6.07, 6.45) is 9.10. The molecule has 0 saturated carbocycles. The highest BCUT2D eigenvalue weighted by Gasteiger charge is 2.19. The minimum absolute atomic E-state index is 0.581. The summed E-state index contributed by atoms with van der Waals surface area (Å²) in [4.78, 5) is 6.62. The average molecular weight is 233 g/mol.